The molecule has 2 N–H and O–H groups in total. The second-order valence-electron chi connectivity index (χ2n) is 1.74. The standard InChI is InChI=1S/C6H5BrFNO/c7-4-1-2-5(8)6(3-4)9-10/h1-3,9-10H. The van der Waals surface area contributed by atoms with E-state index in [0.717, 1.165) is 0 Å². The molecule has 1 aromatic rings. The van der Waals surface area contributed by atoms with Gasteiger partial charge in [0.1, 0.15) is 5.82 Å². The van der Waals surface area contributed by atoms with Crippen LogP contribution in [0.4, 0.5) is 10.1 Å². The molecule has 0 spiro atoms. The quantitative estimate of drug-likeness (QED) is 0.691. The lowest BCUT2D eigenvalue weighted by Crippen LogP contribution is -1.92. The molecule has 1 rings (SSSR count). The Morgan fingerprint density at radius 1 is 1.50 bits per heavy atom. The summed E-state index contributed by atoms with van der Waals surface area (Å²) in [5.41, 5.74) is 1.80. The van der Waals surface area contributed by atoms with Crippen molar-refractivity contribution >= 4 is 21.6 Å². The van der Waals surface area contributed by atoms with E-state index in [4.69, 9.17) is 5.21 Å². The summed E-state index contributed by atoms with van der Waals surface area (Å²) in [5, 5.41) is 8.33. The molecule has 0 aromatic heterocycles. The summed E-state index contributed by atoms with van der Waals surface area (Å²) in [6.45, 7) is 0. The summed E-state index contributed by atoms with van der Waals surface area (Å²) in [6.07, 6.45) is 0. The van der Waals surface area contributed by atoms with Crippen molar-refractivity contribution in [3.63, 3.8) is 0 Å². The van der Waals surface area contributed by atoms with Gasteiger partial charge in [-0.2, -0.15) is 0 Å². The molecule has 0 aliphatic carbocycles. The largest absolute Gasteiger partial charge is 0.291 e. The van der Waals surface area contributed by atoms with E-state index < -0.39 is 5.82 Å². The minimum atomic E-state index is -0.481. The lowest BCUT2D eigenvalue weighted by Gasteiger charge is -1.99. The fraction of sp³-hybridized carbons (Fsp3) is 0. The zero-order chi connectivity index (χ0) is 7.56. The van der Waals surface area contributed by atoms with Crippen LogP contribution in [0.25, 0.3) is 0 Å². The van der Waals surface area contributed by atoms with Gasteiger partial charge in [0, 0.05) is 4.47 Å². The van der Waals surface area contributed by atoms with Crippen molar-refractivity contribution in [3.05, 3.63) is 28.5 Å². The Bertz CT molecular complexity index is 241. The molecule has 0 fully saturated rings. The predicted molar refractivity (Wildman–Crippen MR) is 39.5 cm³/mol. The van der Waals surface area contributed by atoms with Gasteiger partial charge in [-0.1, -0.05) is 15.9 Å². The highest BCUT2D eigenvalue weighted by atomic mass is 79.9. The lowest BCUT2D eigenvalue weighted by molar-refractivity contribution is 0.384. The number of nitrogens with one attached hydrogen (secondary N) is 1. The third kappa shape index (κ3) is 1.46. The zero-order valence-electron chi connectivity index (χ0n) is 4.94. The van der Waals surface area contributed by atoms with Crippen LogP contribution in [0.5, 0.6) is 0 Å². The van der Waals surface area contributed by atoms with Gasteiger partial charge in [0.25, 0.3) is 0 Å². The van der Waals surface area contributed by atoms with Crippen molar-refractivity contribution in [1.82, 2.24) is 0 Å². The SMILES string of the molecule is ONc1cc(Br)ccc1F. The third-order valence-corrected chi connectivity index (χ3v) is 1.54. The maximum absolute atomic E-state index is 12.5. The van der Waals surface area contributed by atoms with Gasteiger partial charge in [0.05, 0.1) is 5.69 Å². The second kappa shape index (κ2) is 2.98. The van der Waals surface area contributed by atoms with E-state index in [0.29, 0.717) is 4.47 Å². The fourth-order valence-corrected chi connectivity index (χ4v) is 0.944. The van der Waals surface area contributed by atoms with Crippen molar-refractivity contribution in [3.8, 4) is 0 Å². The molecule has 0 radical (unpaired) electrons. The van der Waals surface area contributed by atoms with E-state index in [9.17, 15) is 4.39 Å². The molecule has 1 aromatic carbocycles. The fourth-order valence-electron chi connectivity index (χ4n) is 0.583. The smallest absolute Gasteiger partial charge is 0.148 e. The first-order valence-electron chi connectivity index (χ1n) is 2.59. The Labute approximate surface area is 65.8 Å². The van der Waals surface area contributed by atoms with Gasteiger partial charge in [0.15, 0.2) is 0 Å². The molecular formula is C6H5BrFNO. The van der Waals surface area contributed by atoms with Crippen molar-refractivity contribution < 1.29 is 9.60 Å². The molecule has 0 aliphatic heterocycles. The second-order valence-corrected chi connectivity index (χ2v) is 2.65. The van der Waals surface area contributed by atoms with Gasteiger partial charge >= 0.3 is 0 Å². The molecule has 0 saturated carbocycles. The van der Waals surface area contributed by atoms with E-state index in [-0.39, 0.29) is 5.69 Å². The number of anilines is 1. The van der Waals surface area contributed by atoms with E-state index >= 15 is 0 Å². The molecule has 0 atom stereocenters. The van der Waals surface area contributed by atoms with Crippen molar-refractivity contribution in [2.24, 2.45) is 0 Å². The van der Waals surface area contributed by atoms with Crippen molar-refractivity contribution in [2.75, 3.05) is 5.48 Å². The maximum atomic E-state index is 12.5. The Hall–Kier alpha value is -0.610. The molecule has 0 unspecified atom stereocenters. The Morgan fingerprint density at radius 2 is 2.20 bits per heavy atom. The van der Waals surface area contributed by atoms with Crippen LogP contribution in [0.3, 0.4) is 0 Å². The monoisotopic (exact) mass is 205 g/mol. The average molecular weight is 206 g/mol. The Kier molecular flexibility index (Phi) is 2.24. The minimum absolute atomic E-state index is 0.0642. The zero-order valence-corrected chi connectivity index (χ0v) is 6.52. The van der Waals surface area contributed by atoms with E-state index in [2.05, 4.69) is 15.9 Å². The van der Waals surface area contributed by atoms with Gasteiger partial charge < -0.3 is 0 Å². The van der Waals surface area contributed by atoms with Crippen molar-refractivity contribution in [2.45, 2.75) is 0 Å². The lowest BCUT2D eigenvalue weighted by atomic mass is 10.3. The molecule has 0 heterocycles. The van der Waals surface area contributed by atoms with Gasteiger partial charge in [-0.05, 0) is 18.2 Å². The summed E-state index contributed by atoms with van der Waals surface area (Å²) in [4.78, 5) is 0. The molecule has 0 amide bonds. The highest BCUT2D eigenvalue weighted by Crippen LogP contribution is 2.18. The van der Waals surface area contributed by atoms with Crippen molar-refractivity contribution in [1.29, 1.82) is 0 Å². The van der Waals surface area contributed by atoms with Crippen LogP contribution in [0, 0.1) is 5.82 Å². The molecule has 0 bridgehead atoms. The summed E-state index contributed by atoms with van der Waals surface area (Å²) in [6, 6.07) is 4.24. The minimum Gasteiger partial charge on any atom is -0.291 e. The first-order chi connectivity index (χ1) is 4.74. The maximum Gasteiger partial charge on any atom is 0.148 e. The summed E-state index contributed by atoms with van der Waals surface area (Å²) in [7, 11) is 0. The van der Waals surface area contributed by atoms with Crippen LogP contribution >= 0.6 is 15.9 Å². The van der Waals surface area contributed by atoms with E-state index in [1.807, 2.05) is 0 Å². The summed E-state index contributed by atoms with van der Waals surface area (Å²) in [5.74, 6) is -0.481. The molecule has 54 valence electrons. The Morgan fingerprint density at radius 3 is 2.70 bits per heavy atom. The van der Waals surface area contributed by atoms with Crippen LogP contribution in [0.1, 0.15) is 0 Å². The number of hydrogen-bond acceptors (Lipinski definition) is 2. The van der Waals surface area contributed by atoms with Crippen LogP contribution in [0.2, 0.25) is 0 Å². The third-order valence-electron chi connectivity index (χ3n) is 1.05. The predicted octanol–water partition coefficient (Wildman–Crippen LogP) is 2.39. The highest BCUT2D eigenvalue weighted by Gasteiger charge is 1.98. The van der Waals surface area contributed by atoms with E-state index in [1.165, 1.54) is 12.1 Å². The molecule has 0 saturated heterocycles. The molecule has 0 aliphatic rings. The first-order valence-corrected chi connectivity index (χ1v) is 3.38. The molecule has 2 nitrogen and oxygen atoms in total. The number of halogens is 2. The average Bonchev–Trinajstić information content (AvgIpc) is 1.94. The van der Waals surface area contributed by atoms with Gasteiger partial charge in [-0.3, -0.25) is 10.7 Å². The summed E-state index contributed by atoms with van der Waals surface area (Å²) < 4.78 is 13.2. The number of rotatable bonds is 1. The number of hydrogen-bond donors (Lipinski definition) is 2. The van der Waals surface area contributed by atoms with Crippen LogP contribution in [0.15, 0.2) is 22.7 Å². The highest BCUT2D eigenvalue weighted by molar-refractivity contribution is 9.10. The van der Waals surface area contributed by atoms with Crippen LogP contribution < -0.4 is 5.48 Å². The molecule has 10 heavy (non-hydrogen) atoms. The van der Waals surface area contributed by atoms with E-state index in [1.54, 1.807) is 11.5 Å². The van der Waals surface area contributed by atoms with Crippen LogP contribution in [-0.2, 0) is 0 Å². The van der Waals surface area contributed by atoms with Crippen LogP contribution in [-0.4, -0.2) is 5.21 Å². The molecular weight excluding hydrogens is 201 g/mol. The van der Waals surface area contributed by atoms with Gasteiger partial charge in [0.2, 0.25) is 0 Å². The van der Waals surface area contributed by atoms with Gasteiger partial charge in [-0.15, -0.1) is 0 Å². The Balaban J connectivity index is 3.09. The molecule has 4 heteroatoms. The first kappa shape index (κ1) is 7.50. The number of benzene rings is 1. The van der Waals surface area contributed by atoms with Gasteiger partial charge in [-0.25, -0.2) is 4.39 Å². The topological polar surface area (TPSA) is 32.3 Å². The normalized spacial score (nSPS) is 9.50. The summed E-state index contributed by atoms with van der Waals surface area (Å²) >= 11 is 3.12.